The second-order valence-corrected chi connectivity index (χ2v) is 19.2. The Morgan fingerprint density at radius 2 is 1.33 bits per heavy atom. The monoisotopic (exact) mass is 701 g/mol. The highest BCUT2D eigenvalue weighted by atomic mass is 32.1. The first-order chi connectivity index (χ1) is 25.7. The molecule has 2 aliphatic heterocycles. The van der Waals surface area contributed by atoms with Crippen LogP contribution in [0.5, 0.6) is 0 Å². The summed E-state index contributed by atoms with van der Waals surface area (Å²) in [4.78, 5) is 5.01. The molecule has 3 heterocycles. The molecule has 0 saturated carbocycles. The molecule has 5 aromatic carbocycles. The Bertz CT molecular complexity index is 2570. The van der Waals surface area contributed by atoms with Crippen molar-refractivity contribution in [3.8, 4) is 0 Å². The highest BCUT2D eigenvalue weighted by Crippen LogP contribution is 2.52. The molecular formula is C48H51BN2S. The van der Waals surface area contributed by atoms with E-state index in [-0.39, 0.29) is 23.0 Å². The summed E-state index contributed by atoms with van der Waals surface area (Å²) in [7, 11) is 0. The van der Waals surface area contributed by atoms with Crippen LogP contribution in [0.4, 0.5) is 34.1 Å². The summed E-state index contributed by atoms with van der Waals surface area (Å²) >= 11 is 1.83. The summed E-state index contributed by atoms with van der Waals surface area (Å²) in [5.74, 6) is 0. The Hall–Kier alpha value is -4.28. The molecule has 0 N–H and O–H groups in total. The lowest BCUT2D eigenvalue weighted by atomic mass is 9.35. The summed E-state index contributed by atoms with van der Waals surface area (Å²) < 4.78 is 27.6. The lowest BCUT2D eigenvalue weighted by Crippen LogP contribution is -2.61. The van der Waals surface area contributed by atoms with Crippen LogP contribution in [0.3, 0.4) is 0 Å². The third kappa shape index (κ3) is 4.89. The van der Waals surface area contributed by atoms with Crippen LogP contribution in [0.2, 0.25) is 0 Å². The van der Waals surface area contributed by atoms with Crippen LogP contribution in [0.25, 0.3) is 10.1 Å². The first-order valence-corrected chi connectivity index (χ1v) is 19.7. The number of hydrogen-bond donors (Lipinski definition) is 0. The summed E-state index contributed by atoms with van der Waals surface area (Å²) in [6.45, 7) is 20.9. The van der Waals surface area contributed by atoms with Gasteiger partial charge in [-0.05, 0) is 144 Å². The van der Waals surface area contributed by atoms with Gasteiger partial charge in [0.1, 0.15) is 0 Å². The van der Waals surface area contributed by atoms with Crippen molar-refractivity contribution in [2.45, 2.75) is 105 Å². The van der Waals surface area contributed by atoms with Crippen LogP contribution in [-0.2, 0) is 16.2 Å². The Morgan fingerprint density at radius 1 is 0.673 bits per heavy atom. The first kappa shape index (κ1) is 30.2. The van der Waals surface area contributed by atoms with Gasteiger partial charge in [-0.1, -0.05) is 96.0 Å². The predicted molar refractivity (Wildman–Crippen MR) is 229 cm³/mol. The second kappa shape index (κ2) is 11.1. The van der Waals surface area contributed by atoms with Crippen LogP contribution in [-0.4, -0.2) is 6.71 Å². The van der Waals surface area contributed by atoms with E-state index in [0.717, 1.165) is 40.0 Å². The van der Waals surface area contributed by atoms with Gasteiger partial charge in [-0.3, -0.25) is 0 Å². The number of thiophene rings is 1. The first-order valence-electron chi connectivity index (χ1n) is 20.4. The molecule has 52 heavy (non-hydrogen) atoms. The molecule has 2 nitrogen and oxygen atoms in total. The normalized spacial score (nSPS) is 17.9. The molecule has 0 saturated heterocycles. The minimum atomic E-state index is -2.21. The quantitative estimate of drug-likeness (QED) is 0.166. The summed E-state index contributed by atoms with van der Waals surface area (Å²) in [6, 6.07) is 31.6. The Kier molecular flexibility index (Phi) is 6.46. The zero-order chi connectivity index (χ0) is 39.1. The number of anilines is 6. The standard InChI is InChI=1S/C48H51BN2S/c1-28-12-18-38(31(4)22-28)51-39-27-36-35(47(8,9)20-21-48(36,10)11)26-37(39)49-43-40(24-30(3)25-41(43)51)50(33-16-14-32(15-17-33)46(5,6)7)44-34-23-29(2)13-19-42(34)52-45(44)49/h12-19,22-27H,20-21H2,1-11H3/i2D3. The maximum absolute atomic E-state index is 8.40. The van der Waals surface area contributed by atoms with E-state index in [4.69, 9.17) is 4.11 Å². The molecule has 0 bridgehead atoms. The molecule has 0 fully saturated rings. The van der Waals surface area contributed by atoms with Crippen molar-refractivity contribution >= 4 is 78.0 Å². The minimum absolute atomic E-state index is 0.0143. The summed E-state index contributed by atoms with van der Waals surface area (Å²) in [6.07, 6.45) is 2.29. The number of benzene rings is 5. The number of aryl methyl sites for hydroxylation is 4. The van der Waals surface area contributed by atoms with Gasteiger partial charge in [0.25, 0.3) is 6.71 Å². The van der Waals surface area contributed by atoms with Crippen LogP contribution in [0.15, 0.2) is 84.9 Å². The molecule has 0 spiro atoms. The highest BCUT2D eigenvalue weighted by Gasteiger charge is 2.48. The van der Waals surface area contributed by atoms with Crippen molar-refractivity contribution in [1.29, 1.82) is 0 Å². The SMILES string of the molecule is [2H]C([2H])([2H])c1ccc2sc3c(c2c1)N(c1ccc(C(C)(C)C)cc1)c1cc(C)cc2c1B3c1cc3c(cc1N2c1ccc(C)cc1C)C(C)(C)CCC3(C)C. The van der Waals surface area contributed by atoms with Gasteiger partial charge >= 0.3 is 0 Å². The molecule has 0 atom stereocenters. The van der Waals surface area contributed by atoms with Gasteiger partial charge in [0, 0.05) is 47.4 Å². The largest absolute Gasteiger partial charge is 0.311 e. The fourth-order valence-electron chi connectivity index (χ4n) is 9.37. The van der Waals surface area contributed by atoms with E-state index < -0.39 is 6.85 Å². The van der Waals surface area contributed by atoms with Gasteiger partial charge in [0.15, 0.2) is 0 Å². The number of rotatable bonds is 2. The third-order valence-electron chi connectivity index (χ3n) is 12.4. The van der Waals surface area contributed by atoms with Crippen molar-refractivity contribution in [2.24, 2.45) is 0 Å². The van der Waals surface area contributed by atoms with Gasteiger partial charge in [-0.25, -0.2) is 0 Å². The molecule has 9 rings (SSSR count). The van der Waals surface area contributed by atoms with Crippen molar-refractivity contribution in [1.82, 2.24) is 0 Å². The van der Waals surface area contributed by atoms with E-state index in [2.05, 4.69) is 146 Å². The molecule has 1 aliphatic carbocycles. The van der Waals surface area contributed by atoms with Crippen molar-refractivity contribution < 1.29 is 4.11 Å². The average molecular weight is 702 g/mol. The number of fused-ring (bicyclic) bond motifs is 7. The molecule has 262 valence electrons. The molecule has 3 aliphatic rings. The van der Waals surface area contributed by atoms with Gasteiger partial charge in [0.2, 0.25) is 0 Å². The average Bonchev–Trinajstić information content (AvgIpc) is 3.48. The molecule has 6 aromatic rings. The third-order valence-corrected chi connectivity index (χ3v) is 13.6. The van der Waals surface area contributed by atoms with E-state index in [1.54, 1.807) is 6.07 Å². The van der Waals surface area contributed by atoms with Gasteiger partial charge in [0.05, 0.1) is 5.69 Å². The molecule has 0 unspecified atom stereocenters. The van der Waals surface area contributed by atoms with Gasteiger partial charge in [-0.2, -0.15) is 0 Å². The molecular weight excluding hydrogens is 647 g/mol. The van der Waals surface area contributed by atoms with E-state index >= 15 is 0 Å². The van der Waals surface area contributed by atoms with E-state index in [1.807, 2.05) is 23.5 Å². The summed E-state index contributed by atoms with van der Waals surface area (Å²) in [5, 5.41) is 1.00. The van der Waals surface area contributed by atoms with Crippen molar-refractivity contribution in [3.63, 3.8) is 0 Å². The Labute approximate surface area is 319 Å². The van der Waals surface area contributed by atoms with Gasteiger partial charge < -0.3 is 9.80 Å². The number of nitrogens with zero attached hydrogens (tertiary/aromatic N) is 2. The zero-order valence-corrected chi connectivity index (χ0v) is 33.2. The maximum atomic E-state index is 8.40. The Balaban J connectivity index is 1.43. The van der Waals surface area contributed by atoms with E-state index in [1.165, 1.54) is 66.1 Å². The fourth-order valence-corrected chi connectivity index (χ4v) is 10.7. The van der Waals surface area contributed by atoms with Crippen LogP contribution >= 0.6 is 11.3 Å². The van der Waals surface area contributed by atoms with E-state index in [9.17, 15) is 0 Å². The zero-order valence-electron chi connectivity index (χ0n) is 35.4. The fraction of sp³-hybridized carbons (Fsp3) is 0.333. The molecule has 0 amide bonds. The number of hydrogen-bond acceptors (Lipinski definition) is 3. The van der Waals surface area contributed by atoms with Crippen LogP contribution in [0, 0.1) is 27.6 Å². The topological polar surface area (TPSA) is 6.48 Å². The second-order valence-electron chi connectivity index (χ2n) is 18.2. The molecule has 1 aromatic heterocycles. The maximum Gasteiger partial charge on any atom is 0.264 e. The highest BCUT2D eigenvalue weighted by molar-refractivity contribution is 7.33. The van der Waals surface area contributed by atoms with Gasteiger partial charge in [-0.15, -0.1) is 11.3 Å². The lowest BCUT2D eigenvalue weighted by molar-refractivity contribution is 0.332. The molecule has 0 radical (unpaired) electrons. The van der Waals surface area contributed by atoms with Crippen molar-refractivity contribution in [2.75, 3.05) is 9.80 Å². The van der Waals surface area contributed by atoms with Crippen LogP contribution < -0.4 is 25.5 Å². The lowest BCUT2D eigenvalue weighted by Gasteiger charge is -2.47. The summed E-state index contributed by atoms with van der Waals surface area (Å²) in [5.41, 5.74) is 18.0. The minimum Gasteiger partial charge on any atom is -0.311 e. The predicted octanol–water partition coefficient (Wildman–Crippen LogP) is 11.9. The van der Waals surface area contributed by atoms with Crippen molar-refractivity contribution in [3.05, 3.63) is 124 Å². The smallest absolute Gasteiger partial charge is 0.264 e. The van der Waals surface area contributed by atoms with Crippen LogP contribution in [0.1, 0.15) is 104 Å². The Morgan fingerprint density at radius 3 is 1.98 bits per heavy atom. The van der Waals surface area contributed by atoms with E-state index in [0.29, 0.717) is 5.56 Å². The molecule has 4 heteroatoms.